The SMILES string of the molecule is CNc1ccc(NC(=O)CCc2ccc(OC)cc2)cn1. The first-order valence-electron chi connectivity index (χ1n) is 6.78. The number of carbonyl (C=O) groups is 1. The van der Waals surface area contributed by atoms with E-state index in [0.717, 1.165) is 17.1 Å². The molecule has 0 spiro atoms. The second-order valence-corrected chi connectivity index (χ2v) is 4.58. The van der Waals surface area contributed by atoms with E-state index in [1.54, 1.807) is 20.4 Å². The molecule has 1 heterocycles. The van der Waals surface area contributed by atoms with Gasteiger partial charge in [-0.25, -0.2) is 4.98 Å². The van der Waals surface area contributed by atoms with E-state index < -0.39 is 0 Å². The highest BCUT2D eigenvalue weighted by Gasteiger charge is 2.04. The van der Waals surface area contributed by atoms with Crippen molar-refractivity contribution in [2.75, 3.05) is 24.8 Å². The number of hydrogen-bond donors (Lipinski definition) is 2. The van der Waals surface area contributed by atoms with Crippen LogP contribution in [0, 0.1) is 0 Å². The number of nitrogens with zero attached hydrogens (tertiary/aromatic N) is 1. The summed E-state index contributed by atoms with van der Waals surface area (Å²) >= 11 is 0. The zero-order valence-electron chi connectivity index (χ0n) is 12.2. The van der Waals surface area contributed by atoms with Gasteiger partial charge in [-0.1, -0.05) is 12.1 Å². The summed E-state index contributed by atoms with van der Waals surface area (Å²) in [6.45, 7) is 0. The maximum absolute atomic E-state index is 11.9. The van der Waals surface area contributed by atoms with Crippen LogP contribution in [0.1, 0.15) is 12.0 Å². The molecule has 0 saturated carbocycles. The Bertz CT molecular complexity index is 579. The predicted octanol–water partition coefficient (Wildman–Crippen LogP) is 2.70. The lowest BCUT2D eigenvalue weighted by molar-refractivity contribution is -0.116. The van der Waals surface area contributed by atoms with Gasteiger partial charge in [-0.15, -0.1) is 0 Å². The minimum absolute atomic E-state index is 0.0233. The highest BCUT2D eigenvalue weighted by Crippen LogP contribution is 2.13. The first-order valence-corrected chi connectivity index (χ1v) is 6.78. The molecule has 2 rings (SSSR count). The van der Waals surface area contributed by atoms with E-state index in [1.165, 1.54) is 0 Å². The number of pyridine rings is 1. The third-order valence-electron chi connectivity index (χ3n) is 3.10. The fourth-order valence-electron chi connectivity index (χ4n) is 1.89. The monoisotopic (exact) mass is 285 g/mol. The molecular formula is C16H19N3O2. The summed E-state index contributed by atoms with van der Waals surface area (Å²) in [6.07, 6.45) is 2.76. The van der Waals surface area contributed by atoms with E-state index in [4.69, 9.17) is 4.74 Å². The number of aromatic nitrogens is 1. The van der Waals surface area contributed by atoms with E-state index in [0.29, 0.717) is 18.5 Å². The normalized spacial score (nSPS) is 10.0. The Balaban J connectivity index is 1.83. The van der Waals surface area contributed by atoms with Crippen LogP contribution in [0.4, 0.5) is 11.5 Å². The fraction of sp³-hybridized carbons (Fsp3) is 0.250. The van der Waals surface area contributed by atoms with Gasteiger partial charge < -0.3 is 15.4 Å². The van der Waals surface area contributed by atoms with Gasteiger partial charge in [0.15, 0.2) is 0 Å². The molecule has 5 heteroatoms. The van der Waals surface area contributed by atoms with Gasteiger partial charge >= 0.3 is 0 Å². The Morgan fingerprint density at radius 1 is 1.19 bits per heavy atom. The molecular weight excluding hydrogens is 266 g/mol. The van der Waals surface area contributed by atoms with E-state index in [1.807, 2.05) is 36.4 Å². The molecule has 0 aliphatic rings. The van der Waals surface area contributed by atoms with Crippen LogP contribution in [-0.2, 0) is 11.2 Å². The molecule has 0 saturated heterocycles. The molecule has 0 atom stereocenters. The molecule has 2 aromatic rings. The molecule has 5 nitrogen and oxygen atoms in total. The molecule has 1 aromatic heterocycles. The number of nitrogens with one attached hydrogen (secondary N) is 2. The molecule has 2 N–H and O–H groups in total. The van der Waals surface area contributed by atoms with Crippen LogP contribution in [-0.4, -0.2) is 25.0 Å². The zero-order valence-corrected chi connectivity index (χ0v) is 12.2. The number of aryl methyl sites for hydroxylation is 1. The van der Waals surface area contributed by atoms with Gasteiger partial charge in [-0.2, -0.15) is 0 Å². The van der Waals surface area contributed by atoms with Gasteiger partial charge in [0, 0.05) is 13.5 Å². The second-order valence-electron chi connectivity index (χ2n) is 4.58. The van der Waals surface area contributed by atoms with Gasteiger partial charge in [0.1, 0.15) is 11.6 Å². The van der Waals surface area contributed by atoms with Crippen molar-refractivity contribution in [3.8, 4) is 5.75 Å². The summed E-state index contributed by atoms with van der Waals surface area (Å²) in [5.74, 6) is 1.56. The van der Waals surface area contributed by atoms with Crippen molar-refractivity contribution >= 4 is 17.4 Å². The first kappa shape index (κ1) is 14.8. The fourth-order valence-corrected chi connectivity index (χ4v) is 1.89. The second kappa shape index (κ2) is 7.28. The average Bonchev–Trinajstić information content (AvgIpc) is 2.54. The van der Waals surface area contributed by atoms with E-state index in [2.05, 4.69) is 15.6 Å². The summed E-state index contributed by atoms with van der Waals surface area (Å²) in [5, 5.41) is 5.76. The third kappa shape index (κ3) is 4.49. The number of methoxy groups -OCH3 is 1. The number of benzene rings is 1. The maximum atomic E-state index is 11.9. The molecule has 1 aromatic carbocycles. The molecule has 0 aliphatic carbocycles. The number of rotatable bonds is 6. The lowest BCUT2D eigenvalue weighted by Crippen LogP contribution is -2.12. The average molecular weight is 285 g/mol. The van der Waals surface area contributed by atoms with Crippen LogP contribution in [0.25, 0.3) is 0 Å². The Hall–Kier alpha value is -2.56. The van der Waals surface area contributed by atoms with Crippen molar-refractivity contribution in [3.05, 3.63) is 48.2 Å². The lowest BCUT2D eigenvalue weighted by Gasteiger charge is -2.06. The summed E-state index contributed by atoms with van der Waals surface area (Å²) < 4.78 is 5.10. The van der Waals surface area contributed by atoms with Crippen LogP contribution >= 0.6 is 0 Å². The Morgan fingerprint density at radius 3 is 2.52 bits per heavy atom. The van der Waals surface area contributed by atoms with Crippen LogP contribution < -0.4 is 15.4 Å². The topological polar surface area (TPSA) is 63.2 Å². The van der Waals surface area contributed by atoms with Gasteiger partial charge in [0.05, 0.1) is 19.0 Å². The summed E-state index contributed by atoms with van der Waals surface area (Å²) in [5.41, 5.74) is 1.81. The molecule has 0 fully saturated rings. The number of carbonyl (C=O) groups excluding carboxylic acids is 1. The largest absolute Gasteiger partial charge is 0.497 e. The van der Waals surface area contributed by atoms with E-state index >= 15 is 0 Å². The van der Waals surface area contributed by atoms with Crippen molar-refractivity contribution in [1.82, 2.24) is 4.98 Å². The van der Waals surface area contributed by atoms with Crippen molar-refractivity contribution in [3.63, 3.8) is 0 Å². The minimum atomic E-state index is -0.0233. The maximum Gasteiger partial charge on any atom is 0.224 e. The molecule has 0 bridgehead atoms. The van der Waals surface area contributed by atoms with E-state index in [-0.39, 0.29) is 5.91 Å². The smallest absolute Gasteiger partial charge is 0.224 e. The van der Waals surface area contributed by atoms with Gasteiger partial charge in [-0.3, -0.25) is 4.79 Å². The Morgan fingerprint density at radius 2 is 1.95 bits per heavy atom. The lowest BCUT2D eigenvalue weighted by atomic mass is 10.1. The van der Waals surface area contributed by atoms with Crippen molar-refractivity contribution in [2.24, 2.45) is 0 Å². The number of amides is 1. The van der Waals surface area contributed by atoms with Crippen molar-refractivity contribution < 1.29 is 9.53 Å². The van der Waals surface area contributed by atoms with Crippen LogP contribution in [0.3, 0.4) is 0 Å². The zero-order chi connectivity index (χ0) is 15.1. The predicted molar refractivity (Wildman–Crippen MR) is 83.7 cm³/mol. The molecule has 110 valence electrons. The molecule has 21 heavy (non-hydrogen) atoms. The highest BCUT2D eigenvalue weighted by molar-refractivity contribution is 5.90. The van der Waals surface area contributed by atoms with Gasteiger partial charge in [-0.05, 0) is 36.2 Å². The highest BCUT2D eigenvalue weighted by atomic mass is 16.5. The number of anilines is 2. The standard InChI is InChI=1S/C16H19N3O2/c1-17-15-9-6-13(11-18-15)19-16(20)10-5-12-3-7-14(21-2)8-4-12/h3-4,6-9,11H,5,10H2,1-2H3,(H,17,18)(H,19,20). The van der Waals surface area contributed by atoms with Crippen LogP contribution in [0.5, 0.6) is 5.75 Å². The number of hydrogen-bond acceptors (Lipinski definition) is 4. The van der Waals surface area contributed by atoms with Crippen LogP contribution in [0.2, 0.25) is 0 Å². The molecule has 0 unspecified atom stereocenters. The Labute approximate surface area is 124 Å². The van der Waals surface area contributed by atoms with Crippen molar-refractivity contribution in [1.29, 1.82) is 0 Å². The minimum Gasteiger partial charge on any atom is -0.497 e. The summed E-state index contributed by atoms with van der Waals surface area (Å²) in [6, 6.07) is 11.4. The molecule has 0 aliphatic heterocycles. The van der Waals surface area contributed by atoms with Gasteiger partial charge in [0.25, 0.3) is 0 Å². The molecule has 1 amide bonds. The first-order chi connectivity index (χ1) is 10.2. The Kier molecular flexibility index (Phi) is 5.15. The molecule has 0 radical (unpaired) electrons. The number of ether oxygens (including phenoxy) is 1. The van der Waals surface area contributed by atoms with Gasteiger partial charge in [0.2, 0.25) is 5.91 Å². The van der Waals surface area contributed by atoms with Crippen LogP contribution in [0.15, 0.2) is 42.6 Å². The summed E-state index contributed by atoms with van der Waals surface area (Å²) in [4.78, 5) is 16.0. The van der Waals surface area contributed by atoms with Crippen molar-refractivity contribution in [2.45, 2.75) is 12.8 Å². The quantitative estimate of drug-likeness (QED) is 0.856. The third-order valence-corrected chi connectivity index (χ3v) is 3.10. The van der Waals surface area contributed by atoms with E-state index in [9.17, 15) is 4.79 Å². The summed E-state index contributed by atoms with van der Waals surface area (Å²) in [7, 11) is 3.44.